The van der Waals surface area contributed by atoms with Crippen LogP contribution in [0.2, 0.25) is 0 Å². The molecule has 1 aliphatic rings. The summed E-state index contributed by atoms with van der Waals surface area (Å²) in [6, 6.07) is 14.4. The molecule has 0 fully saturated rings. The topological polar surface area (TPSA) is 104 Å². The fourth-order valence-corrected chi connectivity index (χ4v) is 3.07. The van der Waals surface area contributed by atoms with E-state index in [0.717, 1.165) is 0 Å². The lowest BCUT2D eigenvalue weighted by atomic mass is 10.2. The minimum Gasteiger partial charge on any atom is -0.496 e. The second-order valence-electron chi connectivity index (χ2n) is 6.42. The van der Waals surface area contributed by atoms with E-state index in [2.05, 4.69) is 10.1 Å². The second-order valence-corrected chi connectivity index (χ2v) is 6.42. The first kappa shape index (κ1) is 19.4. The van der Waals surface area contributed by atoms with Gasteiger partial charge in [-0.2, -0.15) is 4.98 Å². The van der Waals surface area contributed by atoms with Crippen LogP contribution in [0.25, 0.3) is 11.4 Å². The van der Waals surface area contributed by atoms with E-state index in [-0.39, 0.29) is 38.0 Å². The summed E-state index contributed by atoms with van der Waals surface area (Å²) in [7, 11) is 1.55. The average Bonchev–Trinajstić information content (AvgIpc) is 3.26. The fourth-order valence-electron chi connectivity index (χ4n) is 3.07. The van der Waals surface area contributed by atoms with Crippen LogP contribution in [0.5, 0.6) is 11.5 Å². The molecule has 0 aliphatic carbocycles. The number of rotatable bonds is 7. The number of ether oxygens (including phenoxy) is 3. The van der Waals surface area contributed by atoms with Crippen molar-refractivity contribution in [3.05, 3.63) is 54.4 Å². The smallest absolute Gasteiger partial charge is 0.308 e. The molecule has 2 aromatic carbocycles. The Morgan fingerprint density at radius 2 is 1.97 bits per heavy atom. The summed E-state index contributed by atoms with van der Waals surface area (Å²) >= 11 is 0. The number of carbonyl (C=O) groups is 2. The second kappa shape index (κ2) is 8.64. The predicted molar refractivity (Wildman–Crippen MR) is 105 cm³/mol. The van der Waals surface area contributed by atoms with Gasteiger partial charge in [-0.15, -0.1) is 0 Å². The van der Waals surface area contributed by atoms with Crippen LogP contribution in [0, 0.1) is 0 Å². The van der Waals surface area contributed by atoms with Crippen molar-refractivity contribution >= 4 is 17.6 Å². The van der Waals surface area contributed by atoms with Crippen molar-refractivity contribution in [2.24, 2.45) is 0 Å². The van der Waals surface area contributed by atoms with Crippen molar-refractivity contribution in [3.63, 3.8) is 0 Å². The first-order valence-electron chi connectivity index (χ1n) is 9.29. The maximum absolute atomic E-state index is 12.2. The zero-order valence-corrected chi connectivity index (χ0v) is 16.2. The van der Waals surface area contributed by atoms with Gasteiger partial charge in [0.15, 0.2) is 13.2 Å². The molecule has 0 bridgehead atoms. The molecule has 4 rings (SSSR count). The number of amides is 1. The molecular weight excluding hydrogens is 390 g/mol. The van der Waals surface area contributed by atoms with Crippen LogP contribution in [-0.4, -0.2) is 42.3 Å². The van der Waals surface area contributed by atoms with Gasteiger partial charge in [-0.05, 0) is 24.3 Å². The Kier molecular flexibility index (Phi) is 5.60. The Morgan fingerprint density at radius 3 is 2.83 bits per heavy atom. The summed E-state index contributed by atoms with van der Waals surface area (Å²) in [6.07, 6.45) is 0.0214. The van der Waals surface area contributed by atoms with Crippen molar-refractivity contribution in [1.82, 2.24) is 10.1 Å². The highest BCUT2D eigenvalue weighted by Gasteiger charge is 2.25. The van der Waals surface area contributed by atoms with Crippen LogP contribution in [0.15, 0.2) is 53.1 Å². The van der Waals surface area contributed by atoms with Gasteiger partial charge in [0.2, 0.25) is 5.82 Å². The molecule has 154 valence electrons. The lowest BCUT2D eigenvalue weighted by Gasteiger charge is -2.28. The largest absolute Gasteiger partial charge is 0.496 e. The lowest BCUT2D eigenvalue weighted by Crippen LogP contribution is -2.40. The number of benzene rings is 2. The van der Waals surface area contributed by atoms with E-state index in [1.54, 1.807) is 37.4 Å². The molecule has 9 heteroatoms. The summed E-state index contributed by atoms with van der Waals surface area (Å²) in [5.74, 6) is 1.03. The summed E-state index contributed by atoms with van der Waals surface area (Å²) < 4.78 is 21.0. The molecule has 1 aromatic heterocycles. The highest BCUT2D eigenvalue weighted by Crippen LogP contribution is 2.31. The maximum atomic E-state index is 12.2. The van der Waals surface area contributed by atoms with E-state index in [1.807, 2.05) is 18.2 Å². The normalized spacial score (nSPS) is 12.8. The first-order chi connectivity index (χ1) is 14.7. The molecule has 0 saturated carbocycles. The third-order valence-corrected chi connectivity index (χ3v) is 4.52. The van der Waals surface area contributed by atoms with Crippen molar-refractivity contribution in [1.29, 1.82) is 0 Å². The number of carbonyl (C=O) groups excluding carboxylic acids is 2. The number of esters is 1. The molecule has 2 heterocycles. The average molecular weight is 409 g/mol. The zero-order chi connectivity index (χ0) is 20.9. The molecule has 1 aliphatic heterocycles. The summed E-state index contributed by atoms with van der Waals surface area (Å²) in [6.45, 7) is -0.0251. The highest BCUT2D eigenvalue weighted by molar-refractivity contribution is 5.98. The zero-order valence-electron chi connectivity index (χ0n) is 16.2. The van der Waals surface area contributed by atoms with Gasteiger partial charge in [0.05, 0.1) is 24.8 Å². The Hall–Kier alpha value is -3.88. The van der Waals surface area contributed by atoms with E-state index < -0.39 is 5.97 Å². The SMILES string of the molecule is COc1ccccc1-c1noc(COC(=O)CCN2C(=O)COc3ccccc32)n1. The number of hydrogen-bond acceptors (Lipinski definition) is 8. The Bertz CT molecular complexity index is 1060. The minimum atomic E-state index is -0.483. The van der Waals surface area contributed by atoms with Gasteiger partial charge in [0.1, 0.15) is 11.5 Å². The van der Waals surface area contributed by atoms with Gasteiger partial charge in [-0.1, -0.05) is 29.4 Å². The van der Waals surface area contributed by atoms with Gasteiger partial charge >= 0.3 is 5.97 Å². The van der Waals surface area contributed by atoms with Crippen LogP contribution in [0.3, 0.4) is 0 Å². The number of methoxy groups -OCH3 is 1. The predicted octanol–water partition coefficient (Wildman–Crippen LogP) is 2.60. The molecule has 0 N–H and O–H groups in total. The molecule has 0 spiro atoms. The highest BCUT2D eigenvalue weighted by atomic mass is 16.6. The third-order valence-electron chi connectivity index (χ3n) is 4.52. The molecule has 0 radical (unpaired) electrons. The molecular formula is C21H19N3O6. The van der Waals surface area contributed by atoms with Gasteiger partial charge in [0, 0.05) is 6.54 Å². The van der Waals surface area contributed by atoms with Gasteiger partial charge < -0.3 is 23.6 Å². The van der Waals surface area contributed by atoms with Crippen molar-refractivity contribution in [3.8, 4) is 22.9 Å². The van der Waals surface area contributed by atoms with E-state index >= 15 is 0 Å². The summed E-state index contributed by atoms with van der Waals surface area (Å²) in [5, 5.41) is 3.90. The van der Waals surface area contributed by atoms with E-state index in [1.165, 1.54) is 4.90 Å². The molecule has 3 aromatic rings. The maximum Gasteiger partial charge on any atom is 0.308 e. The number of hydrogen-bond donors (Lipinski definition) is 0. The summed E-state index contributed by atoms with van der Waals surface area (Å²) in [5.41, 5.74) is 1.31. The molecule has 1 amide bonds. The molecule has 0 saturated heterocycles. The standard InChI is InChI=1S/C21H19N3O6/c1-27-16-8-4-2-6-14(16)21-22-18(30-23-21)12-29-20(26)10-11-24-15-7-3-5-9-17(15)28-13-19(24)25/h2-9H,10-13H2,1H3. The van der Waals surface area contributed by atoms with Crippen LogP contribution in [0.1, 0.15) is 12.3 Å². The number of nitrogens with zero attached hydrogens (tertiary/aromatic N) is 3. The quantitative estimate of drug-likeness (QED) is 0.549. The van der Waals surface area contributed by atoms with Crippen LogP contribution in [0.4, 0.5) is 5.69 Å². The number of aromatic nitrogens is 2. The van der Waals surface area contributed by atoms with Gasteiger partial charge in [-0.25, -0.2) is 0 Å². The number of anilines is 1. The van der Waals surface area contributed by atoms with Crippen LogP contribution in [-0.2, 0) is 20.9 Å². The molecule has 30 heavy (non-hydrogen) atoms. The van der Waals surface area contributed by atoms with E-state index in [9.17, 15) is 9.59 Å². The van der Waals surface area contributed by atoms with Gasteiger partial charge in [0.25, 0.3) is 11.8 Å². The number of para-hydroxylation sites is 3. The minimum absolute atomic E-state index is 0.0214. The Balaban J connectivity index is 1.33. The Morgan fingerprint density at radius 1 is 1.17 bits per heavy atom. The van der Waals surface area contributed by atoms with Crippen molar-refractivity contribution < 1.29 is 28.3 Å². The number of fused-ring (bicyclic) bond motifs is 1. The fraction of sp³-hybridized carbons (Fsp3) is 0.238. The van der Waals surface area contributed by atoms with Crippen molar-refractivity contribution in [2.75, 3.05) is 25.2 Å². The van der Waals surface area contributed by atoms with Crippen LogP contribution < -0.4 is 14.4 Å². The lowest BCUT2D eigenvalue weighted by molar-refractivity contribution is -0.145. The van der Waals surface area contributed by atoms with Gasteiger partial charge in [-0.3, -0.25) is 9.59 Å². The van der Waals surface area contributed by atoms with E-state index in [0.29, 0.717) is 28.6 Å². The summed E-state index contributed by atoms with van der Waals surface area (Å²) in [4.78, 5) is 30.1. The van der Waals surface area contributed by atoms with E-state index in [4.69, 9.17) is 18.7 Å². The molecule has 0 atom stereocenters. The van der Waals surface area contributed by atoms with Crippen molar-refractivity contribution in [2.45, 2.75) is 13.0 Å². The monoisotopic (exact) mass is 409 g/mol. The third kappa shape index (κ3) is 4.09. The Labute approximate surface area is 172 Å². The molecule has 9 nitrogen and oxygen atoms in total. The molecule has 0 unspecified atom stereocenters. The van der Waals surface area contributed by atoms with Crippen LogP contribution >= 0.6 is 0 Å². The first-order valence-corrected chi connectivity index (χ1v) is 9.29.